The van der Waals surface area contributed by atoms with Gasteiger partial charge in [0, 0.05) is 32.2 Å². The number of hydrogen-bond acceptors (Lipinski definition) is 3. The van der Waals surface area contributed by atoms with Gasteiger partial charge in [0.05, 0.1) is 5.41 Å². The topological polar surface area (TPSA) is 44.4 Å². The highest BCUT2D eigenvalue weighted by Crippen LogP contribution is 2.44. The number of fused-ring (bicyclic) bond motifs is 1. The van der Waals surface area contributed by atoms with Crippen LogP contribution in [0.1, 0.15) is 49.7 Å². The number of rotatable bonds is 4. The first kappa shape index (κ1) is 23.5. The van der Waals surface area contributed by atoms with E-state index < -0.39 is 0 Å². The summed E-state index contributed by atoms with van der Waals surface area (Å²) in [5, 5.41) is 6.93. The Morgan fingerprint density at radius 3 is 2.68 bits per heavy atom. The smallest absolute Gasteiger partial charge is 0.228 e. The Labute approximate surface area is 182 Å². The number of nitrogens with one attached hydrogen (secondary N) is 2. The van der Waals surface area contributed by atoms with Crippen LogP contribution in [0.3, 0.4) is 0 Å². The Morgan fingerprint density at radius 2 is 1.93 bits per heavy atom. The Morgan fingerprint density at radius 1 is 1.18 bits per heavy atom. The van der Waals surface area contributed by atoms with Crippen molar-refractivity contribution in [3.63, 3.8) is 0 Å². The molecule has 2 N–H and O–H groups in total. The average Bonchev–Trinajstić information content (AvgIpc) is 3.10. The maximum atomic E-state index is 13.1. The highest BCUT2D eigenvalue weighted by molar-refractivity contribution is 5.85. The minimum atomic E-state index is -0.115. The summed E-state index contributed by atoms with van der Waals surface area (Å²) >= 11 is 0. The number of amides is 1. The SMILES string of the molecule is Cc1ccccc1CN1CCC(NC(=O)[C@@]23CCCC[C@H]2CNC3)CC1.Cl.Cl. The first-order chi connectivity index (χ1) is 12.7. The molecular formula is C22H35Cl2N3O. The molecule has 1 saturated carbocycles. The molecule has 0 radical (unpaired) electrons. The summed E-state index contributed by atoms with van der Waals surface area (Å²) in [6, 6.07) is 9.02. The van der Waals surface area contributed by atoms with Gasteiger partial charge in [0.2, 0.25) is 5.91 Å². The zero-order valence-corrected chi connectivity index (χ0v) is 18.5. The van der Waals surface area contributed by atoms with Crippen molar-refractivity contribution in [3.05, 3.63) is 35.4 Å². The van der Waals surface area contributed by atoms with Gasteiger partial charge < -0.3 is 10.6 Å². The third-order valence-electron chi connectivity index (χ3n) is 7.07. The van der Waals surface area contributed by atoms with Crippen molar-refractivity contribution in [3.8, 4) is 0 Å². The quantitative estimate of drug-likeness (QED) is 0.769. The highest BCUT2D eigenvalue weighted by Gasteiger charge is 2.50. The molecule has 3 aliphatic rings. The number of benzene rings is 1. The molecule has 0 aromatic heterocycles. The normalized spacial score (nSPS) is 28.0. The molecule has 28 heavy (non-hydrogen) atoms. The molecule has 6 heteroatoms. The first-order valence-corrected chi connectivity index (χ1v) is 10.5. The predicted octanol–water partition coefficient (Wildman–Crippen LogP) is 3.70. The Bertz CT molecular complexity index is 648. The lowest BCUT2D eigenvalue weighted by molar-refractivity contribution is -0.135. The van der Waals surface area contributed by atoms with Gasteiger partial charge in [-0.15, -0.1) is 24.8 Å². The molecule has 0 unspecified atom stereocenters. The number of hydrogen-bond donors (Lipinski definition) is 2. The van der Waals surface area contributed by atoms with Crippen molar-refractivity contribution in [1.82, 2.24) is 15.5 Å². The zero-order valence-electron chi connectivity index (χ0n) is 16.9. The lowest BCUT2D eigenvalue weighted by atomic mass is 9.67. The molecule has 1 aromatic carbocycles. The number of likely N-dealkylation sites (tertiary alicyclic amines) is 1. The van der Waals surface area contributed by atoms with Crippen molar-refractivity contribution in [2.24, 2.45) is 11.3 Å². The molecular weight excluding hydrogens is 393 g/mol. The van der Waals surface area contributed by atoms with Crippen LogP contribution in [0.2, 0.25) is 0 Å². The van der Waals surface area contributed by atoms with E-state index in [1.165, 1.54) is 30.4 Å². The molecule has 1 amide bonds. The summed E-state index contributed by atoms with van der Waals surface area (Å²) in [5.41, 5.74) is 2.69. The van der Waals surface area contributed by atoms with Crippen LogP contribution in [-0.4, -0.2) is 43.0 Å². The molecule has 2 aliphatic heterocycles. The van der Waals surface area contributed by atoms with Crippen LogP contribution in [0.5, 0.6) is 0 Å². The number of aryl methyl sites for hydroxylation is 1. The molecule has 1 aromatic rings. The molecule has 2 atom stereocenters. The molecule has 3 fully saturated rings. The summed E-state index contributed by atoms with van der Waals surface area (Å²) in [6.07, 6.45) is 6.94. The van der Waals surface area contributed by atoms with Crippen LogP contribution in [-0.2, 0) is 11.3 Å². The lowest BCUT2D eigenvalue weighted by Gasteiger charge is -2.39. The molecule has 4 rings (SSSR count). The van der Waals surface area contributed by atoms with Gasteiger partial charge >= 0.3 is 0 Å². The Balaban J connectivity index is 0.00000140. The van der Waals surface area contributed by atoms with Crippen molar-refractivity contribution >= 4 is 30.7 Å². The second-order valence-corrected chi connectivity index (χ2v) is 8.68. The fourth-order valence-corrected chi connectivity index (χ4v) is 5.28. The Hall–Kier alpha value is -0.810. The van der Waals surface area contributed by atoms with E-state index in [0.717, 1.165) is 52.0 Å². The van der Waals surface area contributed by atoms with Crippen LogP contribution < -0.4 is 10.6 Å². The second kappa shape index (κ2) is 10.3. The number of piperidine rings is 1. The predicted molar refractivity (Wildman–Crippen MR) is 119 cm³/mol. The van der Waals surface area contributed by atoms with E-state index in [0.29, 0.717) is 17.9 Å². The van der Waals surface area contributed by atoms with Gasteiger partial charge in [-0.1, -0.05) is 37.1 Å². The van der Waals surface area contributed by atoms with Gasteiger partial charge in [0.15, 0.2) is 0 Å². The number of nitrogens with zero attached hydrogens (tertiary/aromatic N) is 1. The van der Waals surface area contributed by atoms with Crippen LogP contribution in [0.25, 0.3) is 0 Å². The largest absolute Gasteiger partial charge is 0.353 e. The minimum Gasteiger partial charge on any atom is -0.353 e. The van der Waals surface area contributed by atoms with Crippen LogP contribution in [0.15, 0.2) is 24.3 Å². The molecule has 158 valence electrons. The van der Waals surface area contributed by atoms with E-state index in [9.17, 15) is 4.79 Å². The highest BCUT2D eigenvalue weighted by atomic mass is 35.5. The van der Waals surface area contributed by atoms with Crippen molar-refractivity contribution in [2.75, 3.05) is 26.2 Å². The number of halogens is 2. The summed E-state index contributed by atoms with van der Waals surface area (Å²) in [5.74, 6) is 0.891. The molecule has 0 bridgehead atoms. The fourth-order valence-electron chi connectivity index (χ4n) is 5.28. The van der Waals surface area contributed by atoms with E-state index in [2.05, 4.69) is 46.7 Å². The van der Waals surface area contributed by atoms with Crippen molar-refractivity contribution in [2.45, 2.75) is 58.0 Å². The third kappa shape index (κ3) is 4.84. The zero-order chi connectivity index (χ0) is 18.0. The lowest BCUT2D eigenvalue weighted by Crippen LogP contribution is -2.53. The van der Waals surface area contributed by atoms with Crippen LogP contribution in [0, 0.1) is 18.3 Å². The average molecular weight is 428 g/mol. The van der Waals surface area contributed by atoms with Crippen molar-refractivity contribution < 1.29 is 4.79 Å². The van der Waals surface area contributed by atoms with Gasteiger partial charge in [-0.25, -0.2) is 0 Å². The van der Waals surface area contributed by atoms with Gasteiger partial charge in [0.1, 0.15) is 0 Å². The third-order valence-corrected chi connectivity index (χ3v) is 7.07. The monoisotopic (exact) mass is 427 g/mol. The van der Waals surface area contributed by atoms with Gasteiger partial charge in [-0.3, -0.25) is 9.69 Å². The van der Waals surface area contributed by atoms with Gasteiger partial charge in [-0.05, 0) is 56.2 Å². The molecule has 4 nitrogen and oxygen atoms in total. The summed E-state index contributed by atoms with van der Waals surface area (Å²) in [4.78, 5) is 15.7. The van der Waals surface area contributed by atoms with Crippen molar-refractivity contribution in [1.29, 1.82) is 0 Å². The molecule has 2 heterocycles. The van der Waals surface area contributed by atoms with Gasteiger partial charge in [0.25, 0.3) is 0 Å². The minimum absolute atomic E-state index is 0. The second-order valence-electron chi connectivity index (χ2n) is 8.68. The number of carbonyl (C=O) groups is 1. The molecule has 2 saturated heterocycles. The molecule has 1 aliphatic carbocycles. The van der Waals surface area contributed by atoms with E-state index >= 15 is 0 Å². The maximum absolute atomic E-state index is 13.1. The maximum Gasteiger partial charge on any atom is 0.228 e. The van der Waals surface area contributed by atoms with Crippen LogP contribution >= 0.6 is 24.8 Å². The Kier molecular flexibility index (Phi) is 8.62. The summed E-state index contributed by atoms with van der Waals surface area (Å²) in [7, 11) is 0. The van der Waals surface area contributed by atoms with E-state index in [-0.39, 0.29) is 30.2 Å². The molecule has 0 spiro atoms. The van der Waals surface area contributed by atoms with Gasteiger partial charge in [-0.2, -0.15) is 0 Å². The number of carbonyl (C=O) groups excluding carboxylic acids is 1. The van der Waals surface area contributed by atoms with E-state index in [4.69, 9.17) is 0 Å². The van der Waals surface area contributed by atoms with Crippen LogP contribution in [0.4, 0.5) is 0 Å². The van der Waals surface area contributed by atoms with E-state index in [1.807, 2.05) is 0 Å². The fraction of sp³-hybridized carbons (Fsp3) is 0.682. The first-order valence-electron chi connectivity index (χ1n) is 10.5. The standard InChI is InChI=1S/C22H33N3O.2ClH/c1-17-6-2-3-7-18(17)15-25-12-9-20(10-13-25)24-21(26)22-11-5-4-8-19(22)14-23-16-22;;/h2-3,6-7,19-20,23H,4-5,8-16H2,1H3,(H,24,26);2*1H/t19-,22+;;/m0../s1. The van der Waals surface area contributed by atoms with E-state index in [1.54, 1.807) is 0 Å². The summed E-state index contributed by atoms with van der Waals surface area (Å²) < 4.78 is 0. The summed E-state index contributed by atoms with van der Waals surface area (Å²) in [6.45, 7) is 7.29.